The molecule has 0 atom stereocenters. The fourth-order valence-electron chi connectivity index (χ4n) is 4.05. The van der Waals surface area contributed by atoms with Gasteiger partial charge in [-0.05, 0) is 91.8 Å². The van der Waals surface area contributed by atoms with E-state index in [1.807, 2.05) is 6.92 Å². The zero-order valence-electron chi connectivity index (χ0n) is 20.0. The summed E-state index contributed by atoms with van der Waals surface area (Å²) < 4.78 is 5.20. The van der Waals surface area contributed by atoms with Gasteiger partial charge in [0.15, 0.2) is 0 Å². The number of nitrogens with one attached hydrogen (secondary N) is 2. The molecule has 0 bridgehead atoms. The molecule has 0 radical (unpaired) electrons. The Kier molecular flexibility index (Phi) is 7.57. The van der Waals surface area contributed by atoms with Gasteiger partial charge in [-0.2, -0.15) is 0 Å². The third-order valence-corrected chi connectivity index (χ3v) is 5.58. The summed E-state index contributed by atoms with van der Waals surface area (Å²) in [5, 5.41) is 6.81. The second kappa shape index (κ2) is 10.4. The van der Waals surface area contributed by atoms with E-state index in [4.69, 9.17) is 4.74 Å². The van der Waals surface area contributed by atoms with Crippen molar-refractivity contribution >= 4 is 17.3 Å². The number of carbonyl (C=O) groups excluding carboxylic acids is 1. The van der Waals surface area contributed by atoms with Crippen molar-refractivity contribution in [1.82, 2.24) is 0 Å². The molecule has 168 valence electrons. The third-order valence-electron chi connectivity index (χ3n) is 5.58. The molecule has 0 fully saturated rings. The number of aryl methyl sites for hydroxylation is 1. The highest BCUT2D eigenvalue weighted by Crippen LogP contribution is 2.37. The van der Waals surface area contributed by atoms with Crippen molar-refractivity contribution in [2.45, 2.75) is 47.1 Å². The minimum absolute atomic E-state index is 0.311. The van der Waals surface area contributed by atoms with E-state index in [1.165, 1.54) is 7.11 Å². The highest BCUT2D eigenvalue weighted by Gasteiger charge is 2.22. The van der Waals surface area contributed by atoms with Crippen molar-refractivity contribution in [2.75, 3.05) is 24.3 Å². The Morgan fingerprint density at radius 1 is 0.938 bits per heavy atom. The van der Waals surface area contributed by atoms with E-state index < -0.39 is 0 Å². The van der Waals surface area contributed by atoms with Crippen LogP contribution in [0.25, 0.3) is 22.3 Å². The van der Waals surface area contributed by atoms with Crippen molar-refractivity contribution in [3.8, 4) is 22.3 Å². The molecule has 0 saturated heterocycles. The number of rotatable bonds is 8. The molecule has 0 aliphatic carbocycles. The van der Waals surface area contributed by atoms with E-state index in [2.05, 4.69) is 92.9 Å². The Morgan fingerprint density at radius 2 is 1.53 bits per heavy atom. The van der Waals surface area contributed by atoms with Crippen LogP contribution in [-0.4, -0.2) is 25.7 Å². The maximum Gasteiger partial charge on any atom is 0.338 e. The maximum atomic E-state index is 12.9. The van der Waals surface area contributed by atoms with Crippen LogP contribution in [0.2, 0.25) is 0 Å². The van der Waals surface area contributed by atoms with Crippen molar-refractivity contribution in [3.05, 3.63) is 71.3 Å². The normalized spacial score (nSPS) is 10.8. The predicted octanol–water partition coefficient (Wildman–Crippen LogP) is 7.07. The number of benzene rings is 3. The molecule has 3 rings (SSSR count). The Bertz CT molecular complexity index is 1070. The molecule has 0 spiro atoms. The van der Waals surface area contributed by atoms with Crippen molar-refractivity contribution < 1.29 is 9.53 Å². The van der Waals surface area contributed by atoms with Crippen LogP contribution in [0.15, 0.2) is 54.6 Å². The Morgan fingerprint density at radius 3 is 2.09 bits per heavy atom. The van der Waals surface area contributed by atoms with Crippen LogP contribution in [0.1, 0.15) is 48.7 Å². The third kappa shape index (κ3) is 5.13. The Balaban J connectivity index is 2.08. The highest BCUT2D eigenvalue weighted by atomic mass is 16.5. The molecule has 3 aromatic rings. The van der Waals surface area contributed by atoms with E-state index in [9.17, 15) is 4.79 Å². The van der Waals surface area contributed by atoms with Crippen LogP contribution < -0.4 is 10.6 Å². The SMILES string of the molecule is CCCNc1ccc(-c2c(C)cc(-c3ccc(NC(C)C)cc3)c(C)c2C(=O)OC)cc1. The van der Waals surface area contributed by atoms with Crippen LogP contribution in [0.3, 0.4) is 0 Å². The number of anilines is 2. The number of esters is 1. The van der Waals surface area contributed by atoms with Crippen molar-refractivity contribution in [3.63, 3.8) is 0 Å². The average Bonchev–Trinajstić information content (AvgIpc) is 2.79. The Labute approximate surface area is 192 Å². The summed E-state index contributed by atoms with van der Waals surface area (Å²) in [5.41, 5.74) is 8.83. The lowest BCUT2D eigenvalue weighted by atomic mass is 9.86. The van der Waals surface area contributed by atoms with Crippen molar-refractivity contribution in [1.29, 1.82) is 0 Å². The number of hydrogen-bond donors (Lipinski definition) is 2. The van der Waals surface area contributed by atoms with Gasteiger partial charge in [-0.3, -0.25) is 0 Å². The largest absolute Gasteiger partial charge is 0.465 e. The molecule has 4 nitrogen and oxygen atoms in total. The fraction of sp³-hybridized carbons (Fsp3) is 0.321. The summed E-state index contributed by atoms with van der Waals surface area (Å²) in [6.07, 6.45) is 1.07. The van der Waals surface area contributed by atoms with Gasteiger partial charge in [0.05, 0.1) is 12.7 Å². The number of methoxy groups -OCH3 is 1. The maximum absolute atomic E-state index is 12.9. The molecule has 2 N–H and O–H groups in total. The highest BCUT2D eigenvalue weighted by molar-refractivity contribution is 6.02. The first-order valence-electron chi connectivity index (χ1n) is 11.3. The van der Waals surface area contributed by atoms with Gasteiger partial charge in [-0.1, -0.05) is 37.3 Å². The first-order valence-corrected chi connectivity index (χ1v) is 11.3. The summed E-state index contributed by atoms with van der Waals surface area (Å²) >= 11 is 0. The summed E-state index contributed by atoms with van der Waals surface area (Å²) in [7, 11) is 1.44. The van der Waals surface area contributed by atoms with Gasteiger partial charge in [-0.15, -0.1) is 0 Å². The van der Waals surface area contributed by atoms with Crippen LogP contribution in [-0.2, 0) is 4.74 Å². The van der Waals surface area contributed by atoms with Gasteiger partial charge >= 0.3 is 5.97 Å². The molecule has 0 aliphatic rings. The van der Waals surface area contributed by atoms with E-state index in [0.717, 1.165) is 57.7 Å². The van der Waals surface area contributed by atoms with Crippen LogP contribution in [0, 0.1) is 13.8 Å². The molecule has 32 heavy (non-hydrogen) atoms. The fourth-order valence-corrected chi connectivity index (χ4v) is 4.05. The van der Waals surface area contributed by atoms with Gasteiger partial charge in [-0.25, -0.2) is 4.79 Å². The molecule has 0 saturated carbocycles. The smallest absolute Gasteiger partial charge is 0.338 e. The van der Waals surface area contributed by atoms with E-state index >= 15 is 0 Å². The zero-order chi connectivity index (χ0) is 23.3. The molecule has 0 heterocycles. The lowest BCUT2D eigenvalue weighted by Gasteiger charge is -2.19. The van der Waals surface area contributed by atoms with Crippen LogP contribution in [0.4, 0.5) is 11.4 Å². The monoisotopic (exact) mass is 430 g/mol. The van der Waals surface area contributed by atoms with E-state index in [1.54, 1.807) is 0 Å². The van der Waals surface area contributed by atoms with Gasteiger partial charge in [0.2, 0.25) is 0 Å². The first kappa shape index (κ1) is 23.4. The first-order chi connectivity index (χ1) is 15.3. The zero-order valence-corrected chi connectivity index (χ0v) is 20.0. The molecular formula is C28H34N2O2. The molecule has 0 amide bonds. The molecular weight excluding hydrogens is 396 g/mol. The van der Waals surface area contributed by atoms with E-state index in [-0.39, 0.29) is 5.97 Å². The molecule has 4 heteroatoms. The number of ether oxygens (including phenoxy) is 1. The average molecular weight is 431 g/mol. The number of carbonyl (C=O) groups is 1. The lowest BCUT2D eigenvalue weighted by molar-refractivity contribution is 0.0601. The van der Waals surface area contributed by atoms with Crippen molar-refractivity contribution in [2.24, 2.45) is 0 Å². The van der Waals surface area contributed by atoms with Gasteiger partial charge in [0.1, 0.15) is 0 Å². The molecule has 0 unspecified atom stereocenters. The lowest BCUT2D eigenvalue weighted by Crippen LogP contribution is -2.10. The molecule has 3 aromatic carbocycles. The van der Waals surface area contributed by atoms with Crippen LogP contribution >= 0.6 is 0 Å². The quantitative estimate of drug-likeness (QED) is 0.375. The Hall–Kier alpha value is -3.27. The second-order valence-electron chi connectivity index (χ2n) is 8.49. The summed E-state index contributed by atoms with van der Waals surface area (Å²) in [6, 6.07) is 19.2. The topological polar surface area (TPSA) is 50.4 Å². The summed E-state index contributed by atoms with van der Waals surface area (Å²) in [5.74, 6) is -0.311. The minimum Gasteiger partial charge on any atom is -0.465 e. The van der Waals surface area contributed by atoms with E-state index in [0.29, 0.717) is 11.6 Å². The summed E-state index contributed by atoms with van der Waals surface area (Å²) in [6.45, 7) is 11.4. The number of hydrogen-bond acceptors (Lipinski definition) is 4. The minimum atomic E-state index is -0.311. The van der Waals surface area contributed by atoms with Gasteiger partial charge in [0.25, 0.3) is 0 Å². The van der Waals surface area contributed by atoms with Crippen LogP contribution in [0.5, 0.6) is 0 Å². The summed E-state index contributed by atoms with van der Waals surface area (Å²) in [4.78, 5) is 12.9. The van der Waals surface area contributed by atoms with Gasteiger partial charge < -0.3 is 15.4 Å². The molecule has 0 aliphatic heterocycles. The predicted molar refractivity (Wildman–Crippen MR) is 136 cm³/mol. The second-order valence-corrected chi connectivity index (χ2v) is 8.49. The molecule has 0 aromatic heterocycles. The standard InChI is InChI=1S/C28H34N2O2/c1-7-16-29-23-12-10-22(11-13-23)26-19(4)17-25(20(5)27(26)28(31)32-6)21-8-14-24(15-9-21)30-18(2)3/h8-15,17-18,29-30H,7,16H2,1-6H3. The van der Waals surface area contributed by atoms with Gasteiger partial charge in [0, 0.05) is 24.0 Å².